The van der Waals surface area contributed by atoms with Crippen molar-refractivity contribution in [3.8, 4) is 11.6 Å². The minimum Gasteiger partial charge on any atom is -0.438 e. The molecule has 0 aliphatic rings. The first kappa shape index (κ1) is 14.0. The topological polar surface area (TPSA) is 60.7 Å². The summed E-state index contributed by atoms with van der Waals surface area (Å²) in [7, 11) is 0. The summed E-state index contributed by atoms with van der Waals surface area (Å²) in [6.07, 6.45) is 2.05. The van der Waals surface area contributed by atoms with E-state index in [-0.39, 0.29) is 11.4 Å². The van der Waals surface area contributed by atoms with Crippen molar-refractivity contribution in [2.75, 3.05) is 0 Å². The van der Waals surface area contributed by atoms with Crippen LogP contribution in [0.15, 0.2) is 47.4 Å². The van der Waals surface area contributed by atoms with Crippen LogP contribution in [-0.2, 0) is 0 Å². The molecule has 1 aromatic carbocycles. The summed E-state index contributed by atoms with van der Waals surface area (Å²) in [6, 6.07) is 10.8. The van der Waals surface area contributed by atoms with E-state index in [9.17, 15) is 9.59 Å². The highest BCUT2D eigenvalue weighted by Crippen LogP contribution is 2.26. The molecule has 3 aromatic rings. The van der Waals surface area contributed by atoms with Crippen LogP contribution < -0.4 is 10.3 Å². The minimum absolute atomic E-state index is 0.0277. The molecule has 0 bridgehead atoms. The van der Waals surface area contributed by atoms with E-state index in [4.69, 9.17) is 4.74 Å². The minimum atomic E-state index is -0.444. The summed E-state index contributed by atoms with van der Waals surface area (Å²) in [5.41, 5.74) is 1.89. The number of carbonyl (C=O) groups is 1. The Bertz CT molecular complexity index is 929. The Labute approximate surface area is 126 Å². The number of pyridine rings is 1. The molecule has 0 radical (unpaired) electrons. The van der Waals surface area contributed by atoms with Crippen molar-refractivity contribution in [3.05, 3.63) is 69.6 Å². The maximum atomic E-state index is 12.3. The molecule has 0 unspecified atom stereocenters. The van der Waals surface area contributed by atoms with Gasteiger partial charge in [-0.2, -0.15) is 4.98 Å². The lowest BCUT2D eigenvalue weighted by Gasteiger charge is -2.11. The average molecular weight is 294 g/mol. The monoisotopic (exact) mass is 294 g/mol. The maximum absolute atomic E-state index is 12.3. The summed E-state index contributed by atoms with van der Waals surface area (Å²) in [4.78, 5) is 27.9. The number of aryl methyl sites for hydroxylation is 1. The van der Waals surface area contributed by atoms with Crippen molar-refractivity contribution in [2.45, 2.75) is 13.8 Å². The molecule has 0 aliphatic carbocycles. The number of fused-ring (bicyclic) bond motifs is 1. The van der Waals surface area contributed by atoms with Crippen LogP contribution in [0.2, 0.25) is 0 Å². The van der Waals surface area contributed by atoms with Crippen LogP contribution in [-0.4, -0.2) is 15.7 Å². The molecule has 0 saturated heterocycles. The quantitative estimate of drug-likeness (QED) is 0.697. The van der Waals surface area contributed by atoms with Gasteiger partial charge in [0.1, 0.15) is 17.0 Å². The summed E-state index contributed by atoms with van der Waals surface area (Å²) < 4.78 is 7.06. The Morgan fingerprint density at radius 2 is 1.95 bits per heavy atom. The van der Waals surface area contributed by atoms with Gasteiger partial charge < -0.3 is 4.74 Å². The molecule has 3 rings (SSSR count). The SMILES string of the molecule is Cc1cccc(Oc2nc3ccccn3c(=O)c2C=O)c1C. The summed E-state index contributed by atoms with van der Waals surface area (Å²) in [5, 5.41) is 0. The van der Waals surface area contributed by atoms with E-state index in [1.165, 1.54) is 4.40 Å². The van der Waals surface area contributed by atoms with Crippen molar-refractivity contribution >= 4 is 11.9 Å². The fourth-order valence-electron chi connectivity index (χ4n) is 2.20. The van der Waals surface area contributed by atoms with Crippen LogP contribution in [0.3, 0.4) is 0 Å². The predicted octanol–water partition coefficient (Wildman–Crippen LogP) is 2.92. The third-order valence-electron chi connectivity index (χ3n) is 3.61. The molecule has 0 N–H and O–H groups in total. The highest BCUT2D eigenvalue weighted by molar-refractivity contribution is 5.78. The number of aromatic nitrogens is 2. The molecule has 0 amide bonds. The van der Waals surface area contributed by atoms with Gasteiger partial charge in [-0.1, -0.05) is 18.2 Å². The van der Waals surface area contributed by atoms with Crippen molar-refractivity contribution < 1.29 is 9.53 Å². The van der Waals surface area contributed by atoms with Crippen molar-refractivity contribution in [2.24, 2.45) is 0 Å². The zero-order valence-electron chi connectivity index (χ0n) is 12.2. The van der Waals surface area contributed by atoms with Crippen molar-refractivity contribution in [3.63, 3.8) is 0 Å². The van der Waals surface area contributed by atoms with Crippen LogP contribution in [0.1, 0.15) is 21.5 Å². The van der Waals surface area contributed by atoms with E-state index < -0.39 is 5.56 Å². The van der Waals surface area contributed by atoms with E-state index in [0.717, 1.165) is 11.1 Å². The second-order valence-corrected chi connectivity index (χ2v) is 4.98. The largest absolute Gasteiger partial charge is 0.438 e. The fourth-order valence-corrected chi connectivity index (χ4v) is 2.20. The number of nitrogens with zero attached hydrogens (tertiary/aromatic N) is 2. The van der Waals surface area contributed by atoms with Crippen LogP contribution >= 0.6 is 0 Å². The third kappa shape index (κ3) is 2.26. The number of ether oxygens (including phenoxy) is 1. The van der Waals surface area contributed by atoms with E-state index in [0.29, 0.717) is 17.7 Å². The molecular formula is C17H14N2O3. The van der Waals surface area contributed by atoms with Crippen molar-refractivity contribution in [1.29, 1.82) is 0 Å². The summed E-state index contributed by atoms with van der Waals surface area (Å²) >= 11 is 0. The molecule has 2 heterocycles. The predicted molar refractivity (Wildman–Crippen MR) is 82.8 cm³/mol. The van der Waals surface area contributed by atoms with Crippen LogP contribution in [0, 0.1) is 13.8 Å². The zero-order valence-corrected chi connectivity index (χ0v) is 12.2. The first-order valence-corrected chi connectivity index (χ1v) is 6.82. The number of hydrogen-bond acceptors (Lipinski definition) is 4. The number of carbonyl (C=O) groups excluding carboxylic acids is 1. The van der Waals surface area contributed by atoms with Gasteiger partial charge in [-0.3, -0.25) is 14.0 Å². The first-order chi connectivity index (χ1) is 10.6. The summed E-state index contributed by atoms with van der Waals surface area (Å²) in [6.45, 7) is 3.88. The Hall–Kier alpha value is -2.95. The Morgan fingerprint density at radius 1 is 1.14 bits per heavy atom. The van der Waals surface area contributed by atoms with Gasteiger partial charge in [-0.25, -0.2) is 0 Å². The highest BCUT2D eigenvalue weighted by atomic mass is 16.5. The molecule has 5 heteroatoms. The zero-order chi connectivity index (χ0) is 15.7. The summed E-state index contributed by atoms with van der Waals surface area (Å²) in [5.74, 6) is 0.607. The number of aldehydes is 1. The molecule has 0 fully saturated rings. The van der Waals surface area contributed by atoms with E-state index >= 15 is 0 Å². The lowest BCUT2D eigenvalue weighted by atomic mass is 10.1. The molecule has 0 saturated carbocycles. The smallest absolute Gasteiger partial charge is 0.272 e. The number of benzene rings is 1. The lowest BCUT2D eigenvalue weighted by molar-refractivity contribution is 0.111. The fraction of sp³-hybridized carbons (Fsp3) is 0.118. The van der Waals surface area contributed by atoms with Gasteiger partial charge in [0.25, 0.3) is 5.56 Å². The standard InChI is InChI=1S/C17H14N2O3/c1-11-6-5-7-14(12(11)2)22-16-13(10-20)17(21)19-9-4-3-8-15(19)18-16/h3-10H,1-2H3. The van der Waals surface area contributed by atoms with E-state index in [1.807, 2.05) is 26.0 Å². The molecule has 0 atom stereocenters. The second kappa shape index (κ2) is 5.44. The van der Waals surface area contributed by atoms with Gasteiger partial charge in [0, 0.05) is 6.20 Å². The Kier molecular flexibility index (Phi) is 3.47. The van der Waals surface area contributed by atoms with Crippen LogP contribution in [0.25, 0.3) is 5.65 Å². The Balaban J connectivity index is 2.20. The maximum Gasteiger partial charge on any atom is 0.272 e. The van der Waals surface area contributed by atoms with Gasteiger partial charge in [-0.15, -0.1) is 0 Å². The van der Waals surface area contributed by atoms with Gasteiger partial charge >= 0.3 is 0 Å². The second-order valence-electron chi connectivity index (χ2n) is 4.98. The molecule has 110 valence electrons. The van der Waals surface area contributed by atoms with Crippen LogP contribution in [0.4, 0.5) is 0 Å². The van der Waals surface area contributed by atoms with Gasteiger partial charge in [0.05, 0.1) is 0 Å². The Morgan fingerprint density at radius 3 is 2.73 bits per heavy atom. The normalized spacial score (nSPS) is 10.6. The average Bonchev–Trinajstić information content (AvgIpc) is 2.52. The van der Waals surface area contributed by atoms with Crippen molar-refractivity contribution in [1.82, 2.24) is 9.38 Å². The molecule has 5 nitrogen and oxygen atoms in total. The molecule has 22 heavy (non-hydrogen) atoms. The van der Waals surface area contributed by atoms with Gasteiger partial charge in [-0.05, 0) is 43.2 Å². The number of hydrogen-bond donors (Lipinski definition) is 0. The molecule has 0 aliphatic heterocycles. The van der Waals surface area contributed by atoms with Gasteiger partial charge in [0.15, 0.2) is 6.29 Å². The highest BCUT2D eigenvalue weighted by Gasteiger charge is 2.15. The molecular weight excluding hydrogens is 280 g/mol. The lowest BCUT2D eigenvalue weighted by Crippen LogP contribution is -2.20. The van der Waals surface area contributed by atoms with Gasteiger partial charge in [0.2, 0.25) is 5.88 Å². The third-order valence-corrected chi connectivity index (χ3v) is 3.61. The first-order valence-electron chi connectivity index (χ1n) is 6.82. The molecule has 0 spiro atoms. The number of rotatable bonds is 3. The van der Waals surface area contributed by atoms with E-state index in [1.54, 1.807) is 30.5 Å². The van der Waals surface area contributed by atoms with Crippen LogP contribution in [0.5, 0.6) is 11.6 Å². The molecule has 2 aromatic heterocycles. The van der Waals surface area contributed by atoms with E-state index in [2.05, 4.69) is 4.98 Å².